The van der Waals surface area contributed by atoms with Crippen molar-refractivity contribution in [1.82, 2.24) is 9.55 Å². The molecule has 0 saturated carbocycles. The summed E-state index contributed by atoms with van der Waals surface area (Å²) in [7, 11) is 0. The van der Waals surface area contributed by atoms with E-state index in [1.54, 1.807) is 4.57 Å². The van der Waals surface area contributed by atoms with Crippen LogP contribution in [0.2, 0.25) is 0 Å². The lowest BCUT2D eigenvalue weighted by Crippen LogP contribution is -2.24. The van der Waals surface area contributed by atoms with E-state index in [1.807, 2.05) is 12.3 Å². The Kier molecular flexibility index (Phi) is 2.47. The molecule has 6 heteroatoms. The second-order valence-corrected chi connectivity index (χ2v) is 3.97. The van der Waals surface area contributed by atoms with Crippen molar-refractivity contribution in [2.24, 2.45) is 0 Å². The van der Waals surface area contributed by atoms with Crippen LogP contribution >= 0.6 is 11.8 Å². The lowest BCUT2D eigenvalue weighted by atomic mass is 10.3. The second-order valence-electron chi connectivity index (χ2n) is 3.14. The summed E-state index contributed by atoms with van der Waals surface area (Å²) in [6.45, 7) is 0.696. The lowest BCUT2D eigenvalue weighted by Gasteiger charge is -2.04. The third kappa shape index (κ3) is 1.51. The molecule has 0 aromatic carbocycles. The van der Waals surface area contributed by atoms with Crippen molar-refractivity contribution in [3.8, 4) is 0 Å². The molecule has 1 aliphatic rings. The fourth-order valence-electron chi connectivity index (χ4n) is 1.49. The molecule has 1 unspecified atom stereocenters. The van der Waals surface area contributed by atoms with E-state index >= 15 is 0 Å². The predicted octanol–water partition coefficient (Wildman–Crippen LogP) is -0.129. The number of anilines is 1. The van der Waals surface area contributed by atoms with Gasteiger partial charge in [0.2, 0.25) is 5.62 Å². The van der Waals surface area contributed by atoms with Gasteiger partial charge in [-0.1, -0.05) is 0 Å². The van der Waals surface area contributed by atoms with Crippen molar-refractivity contribution >= 4 is 17.6 Å². The largest absolute Gasteiger partial charge is 0.394 e. The highest BCUT2D eigenvalue weighted by Crippen LogP contribution is 2.19. The minimum Gasteiger partial charge on any atom is -0.394 e. The number of hydrogen-bond acceptors (Lipinski definition) is 5. The van der Waals surface area contributed by atoms with Crippen LogP contribution in [0.25, 0.3) is 0 Å². The maximum atomic E-state index is 8.99. The number of nitrogens with zero attached hydrogens (tertiary/aromatic N) is 2. The molecule has 0 saturated heterocycles. The van der Waals surface area contributed by atoms with E-state index in [9.17, 15) is 0 Å². The lowest BCUT2D eigenvalue weighted by molar-refractivity contribution is 0.270. The summed E-state index contributed by atoms with van der Waals surface area (Å²) in [6.07, 6.45) is 1.93. The average molecular weight is 212 g/mol. The molecule has 0 amide bonds. The SMILES string of the molecule is CSc1cc2n(c(=N)n1)CC(CO)N2. The van der Waals surface area contributed by atoms with Crippen LogP contribution in [0.5, 0.6) is 0 Å². The van der Waals surface area contributed by atoms with Crippen LogP contribution < -0.4 is 10.9 Å². The number of rotatable bonds is 2. The number of thioether (sulfide) groups is 1. The molecule has 5 nitrogen and oxygen atoms in total. The maximum Gasteiger partial charge on any atom is 0.224 e. The number of aliphatic hydroxyl groups is 1. The Morgan fingerprint density at radius 3 is 3.29 bits per heavy atom. The first-order chi connectivity index (χ1) is 6.74. The number of aliphatic hydroxyl groups excluding tert-OH is 1. The summed E-state index contributed by atoms with van der Waals surface area (Å²) in [5.41, 5.74) is 0.246. The van der Waals surface area contributed by atoms with Crippen LogP contribution in [0.3, 0.4) is 0 Å². The molecular weight excluding hydrogens is 200 g/mol. The van der Waals surface area contributed by atoms with Crippen LogP contribution in [0.4, 0.5) is 5.82 Å². The summed E-state index contributed by atoms with van der Waals surface area (Å²) in [6, 6.07) is 1.91. The van der Waals surface area contributed by atoms with Gasteiger partial charge in [0.15, 0.2) is 0 Å². The van der Waals surface area contributed by atoms with Crippen LogP contribution in [0.15, 0.2) is 11.1 Å². The van der Waals surface area contributed by atoms with Crippen LogP contribution in [-0.4, -0.2) is 33.6 Å². The number of nitrogens with one attached hydrogen (secondary N) is 2. The monoisotopic (exact) mass is 212 g/mol. The summed E-state index contributed by atoms with van der Waals surface area (Å²) in [5.74, 6) is 0.869. The number of fused-ring (bicyclic) bond motifs is 1. The van der Waals surface area contributed by atoms with Crippen molar-refractivity contribution < 1.29 is 5.11 Å². The summed E-state index contributed by atoms with van der Waals surface area (Å²) in [5, 5.41) is 20.6. The Hall–Kier alpha value is -1.01. The van der Waals surface area contributed by atoms with Gasteiger partial charge in [-0.3, -0.25) is 9.98 Å². The highest BCUT2D eigenvalue weighted by atomic mass is 32.2. The van der Waals surface area contributed by atoms with Gasteiger partial charge >= 0.3 is 0 Å². The van der Waals surface area contributed by atoms with Gasteiger partial charge in [0.1, 0.15) is 10.8 Å². The molecule has 76 valence electrons. The van der Waals surface area contributed by atoms with E-state index in [-0.39, 0.29) is 18.3 Å². The summed E-state index contributed by atoms with van der Waals surface area (Å²) in [4.78, 5) is 4.10. The highest BCUT2D eigenvalue weighted by molar-refractivity contribution is 7.98. The molecule has 1 aliphatic heterocycles. The summed E-state index contributed by atoms with van der Waals surface area (Å²) >= 11 is 1.51. The van der Waals surface area contributed by atoms with Gasteiger partial charge in [-0.15, -0.1) is 11.8 Å². The molecular formula is C8H12N4OS. The molecule has 0 bridgehead atoms. The Morgan fingerprint density at radius 2 is 2.64 bits per heavy atom. The quantitative estimate of drug-likeness (QED) is 0.471. The van der Waals surface area contributed by atoms with Crippen molar-refractivity contribution in [2.75, 3.05) is 18.2 Å². The Morgan fingerprint density at radius 1 is 1.86 bits per heavy atom. The smallest absolute Gasteiger partial charge is 0.224 e. The topological polar surface area (TPSA) is 73.9 Å². The fourth-order valence-corrected chi connectivity index (χ4v) is 1.90. The zero-order valence-corrected chi connectivity index (χ0v) is 8.64. The highest BCUT2D eigenvalue weighted by Gasteiger charge is 2.20. The molecule has 0 aliphatic carbocycles. The average Bonchev–Trinajstić information content (AvgIpc) is 2.61. The summed E-state index contributed by atoms with van der Waals surface area (Å²) < 4.78 is 1.76. The maximum absolute atomic E-state index is 8.99. The first-order valence-corrected chi connectivity index (χ1v) is 5.55. The Bertz CT molecular complexity index is 403. The Balaban J connectivity index is 2.42. The van der Waals surface area contributed by atoms with Gasteiger partial charge in [0, 0.05) is 12.6 Å². The van der Waals surface area contributed by atoms with E-state index in [2.05, 4.69) is 10.3 Å². The van der Waals surface area contributed by atoms with Crippen molar-refractivity contribution in [3.63, 3.8) is 0 Å². The van der Waals surface area contributed by atoms with E-state index in [1.165, 1.54) is 11.8 Å². The van der Waals surface area contributed by atoms with Crippen LogP contribution in [0, 0.1) is 5.41 Å². The molecule has 2 rings (SSSR count). The second kappa shape index (κ2) is 3.62. The van der Waals surface area contributed by atoms with Gasteiger partial charge < -0.3 is 10.4 Å². The first-order valence-electron chi connectivity index (χ1n) is 4.32. The number of hydrogen-bond donors (Lipinski definition) is 3. The minimum absolute atomic E-state index is 0.0120. The standard InChI is InChI=1S/C8H12N4OS/c1-14-7-2-6-10-5(4-13)3-12(6)8(9)11-7/h2,5,9-10,13H,3-4H2,1H3. The van der Waals surface area contributed by atoms with Gasteiger partial charge in [-0.25, -0.2) is 4.98 Å². The zero-order valence-electron chi connectivity index (χ0n) is 7.82. The molecule has 1 aromatic heterocycles. The normalized spacial score (nSPS) is 19.1. The third-order valence-electron chi connectivity index (χ3n) is 2.21. The van der Waals surface area contributed by atoms with Crippen molar-refractivity contribution in [1.29, 1.82) is 5.41 Å². The van der Waals surface area contributed by atoms with Gasteiger partial charge in [-0.2, -0.15) is 0 Å². The zero-order chi connectivity index (χ0) is 10.1. The molecule has 0 fully saturated rings. The molecule has 14 heavy (non-hydrogen) atoms. The van der Waals surface area contributed by atoms with Crippen LogP contribution in [-0.2, 0) is 6.54 Å². The van der Waals surface area contributed by atoms with E-state index in [0.717, 1.165) is 10.8 Å². The molecule has 1 atom stereocenters. The fraction of sp³-hybridized carbons (Fsp3) is 0.500. The van der Waals surface area contributed by atoms with Gasteiger partial charge in [0.05, 0.1) is 12.6 Å². The Labute approximate surface area is 85.7 Å². The van der Waals surface area contributed by atoms with E-state index < -0.39 is 0 Å². The van der Waals surface area contributed by atoms with Crippen LogP contribution in [0.1, 0.15) is 0 Å². The molecule has 3 N–H and O–H groups in total. The number of aromatic nitrogens is 2. The van der Waals surface area contributed by atoms with Gasteiger partial charge in [-0.05, 0) is 6.26 Å². The molecule has 0 spiro atoms. The first kappa shape index (κ1) is 9.54. The van der Waals surface area contributed by atoms with Crippen molar-refractivity contribution in [3.05, 3.63) is 11.7 Å². The van der Waals surface area contributed by atoms with E-state index in [0.29, 0.717) is 6.54 Å². The minimum atomic E-state index is 0.0120. The van der Waals surface area contributed by atoms with E-state index in [4.69, 9.17) is 10.5 Å². The predicted molar refractivity (Wildman–Crippen MR) is 54.4 cm³/mol. The van der Waals surface area contributed by atoms with Gasteiger partial charge in [0.25, 0.3) is 0 Å². The third-order valence-corrected chi connectivity index (χ3v) is 2.83. The molecule has 2 heterocycles. The molecule has 0 radical (unpaired) electrons. The molecule has 1 aromatic rings. The van der Waals surface area contributed by atoms with Crippen molar-refractivity contribution in [2.45, 2.75) is 17.6 Å².